The van der Waals surface area contributed by atoms with E-state index in [2.05, 4.69) is 36.6 Å². The second kappa shape index (κ2) is 6.25. The van der Waals surface area contributed by atoms with Gasteiger partial charge >= 0.3 is 5.97 Å². The number of ether oxygens (including phenoxy) is 2. The Morgan fingerprint density at radius 1 is 1.26 bits per heavy atom. The van der Waals surface area contributed by atoms with Gasteiger partial charge in [-0.1, -0.05) is 6.07 Å². The molecule has 0 spiro atoms. The number of furan rings is 1. The summed E-state index contributed by atoms with van der Waals surface area (Å²) in [4.78, 5) is 11.5. The van der Waals surface area contributed by atoms with Gasteiger partial charge in [-0.15, -0.1) is 0 Å². The molecule has 100 valence electrons. The highest BCUT2D eigenvalue weighted by molar-refractivity contribution is 9.11. The zero-order valence-corrected chi connectivity index (χ0v) is 13.2. The van der Waals surface area contributed by atoms with Gasteiger partial charge in [-0.25, -0.2) is 4.79 Å². The summed E-state index contributed by atoms with van der Waals surface area (Å²) < 4.78 is 17.2. The van der Waals surface area contributed by atoms with Crippen molar-refractivity contribution < 1.29 is 18.7 Å². The van der Waals surface area contributed by atoms with Gasteiger partial charge in [-0.05, 0) is 50.1 Å². The predicted octanol–water partition coefficient (Wildman–Crippen LogP) is 4.17. The minimum absolute atomic E-state index is 0.138. The molecular formula is C13H10Br2O4. The van der Waals surface area contributed by atoms with E-state index in [1.54, 1.807) is 6.07 Å². The molecule has 0 saturated heterocycles. The van der Waals surface area contributed by atoms with Crippen LogP contribution in [0.5, 0.6) is 5.75 Å². The molecule has 0 radical (unpaired) electrons. The lowest BCUT2D eigenvalue weighted by Gasteiger charge is -2.09. The molecular weight excluding hydrogens is 380 g/mol. The fourth-order valence-electron chi connectivity index (χ4n) is 1.50. The van der Waals surface area contributed by atoms with Gasteiger partial charge in [-0.3, -0.25) is 0 Å². The van der Waals surface area contributed by atoms with Crippen LogP contribution in [0.3, 0.4) is 0 Å². The molecule has 0 aliphatic heterocycles. The minimum Gasteiger partial charge on any atom is -0.483 e. The maximum atomic E-state index is 11.5. The van der Waals surface area contributed by atoms with Gasteiger partial charge in [0.05, 0.1) is 22.3 Å². The van der Waals surface area contributed by atoms with Crippen LogP contribution < -0.4 is 4.74 Å². The number of benzene rings is 1. The molecule has 0 bridgehead atoms. The number of rotatable bonds is 4. The summed E-state index contributed by atoms with van der Waals surface area (Å²) in [5, 5.41) is 0. The van der Waals surface area contributed by atoms with E-state index in [0.717, 1.165) is 8.95 Å². The predicted molar refractivity (Wildman–Crippen MR) is 76.2 cm³/mol. The van der Waals surface area contributed by atoms with Gasteiger partial charge in [0.25, 0.3) is 0 Å². The first-order valence-corrected chi connectivity index (χ1v) is 6.93. The van der Waals surface area contributed by atoms with Gasteiger partial charge in [0.2, 0.25) is 0 Å². The van der Waals surface area contributed by atoms with Crippen LogP contribution in [0.4, 0.5) is 0 Å². The summed E-state index contributed by atoms with van der Waals surface area (Å²) in [7, 11) is 1.32. The Kier molecular flexibility index (Phi) is 4.66. The Morgan fingerprint density at radius 2 is 1.95 bits per heavy atom. The van der Waals surface area contributed by atoms with Crippen molar-refractivity contribution in [2.24, 2.45) is 0 Å². The van der Waals surface area contributed by atoms with Crippen LogP contribution in [0.1, 0.15) is 16.1 Å². The Morgan fingerprint density at radius 3 is 2.58 bits per heavy atom. The second-order valence-electron chi connectivity index (χ2n) is 3.59. The van der Waals surface area contributed by atoms with Gasteiger partial charge < -0.3 is 13.9 Å². The van der Waals surface area contributed by atoms with Crippen LogP contribution >= 0.6 is 31.9 Å². The first kappa shape index (κ1) is 14.1. The molecule has 6 heteroatoms. The molecule has 1 aromatic carbocycles. The number of carbonyl (C=O) groups is 1. The molecule has 0 amide bonds. The average molecular weight is 390 g/mol. The molecule has 0 unspecified atom stereocenters. The van der Waals surface area contributed by atoms with E-state index < -0.39 is 5.97 Å². The topological polar surface area (TPSA) is 48.7 Å². The summed E-state index contributed by atoms with van der Waals surface area (Å²) in [6, 6.07) is 7.17. The van der Waals surface area contributed by atoms with Crippen molar-refractivity contribution in [2.75, 3.05) is 7.11 Å². The molecule has 2 aromatic rings. The van der Waals surface area contributed by atoms with Gasteiger partial charge in [0, 0.05) is 0 Å². The Hall–Kier alpha value is -1.27. The molecule has 2 rings (SSSR count). The van der Waals surface area contributed by atoms with Crippen LogP contribution in [0.2, 0.25) is 0 Å². The van der Waals surface area contributed by atoms with Crippen molar-refractivity contribution in [3.05, 3.63) is 50.8 Å². The number of esters is 1. The van der Waals surface area contributed by atoms with E-state index in [-0.39, 0.29) is 6.61 Å². The Labute approximate surface area is 127 Å². The third-order valence-electron chi connectivity index (χ3n) is 2.42. The molecule has 0 aliphatic rings. The van der Waals surface area contributed by atoms with Gasteiger partial charge in [0.1, 0.15) is 17.9 Å². The highest BCUT2D eigenvalue weighted by Crippen LogP contribution is 2.33. The van der Waals surface area contributed by atoms with Gasteiger partial charge in [0.15, 0.2) is 5.76 Å². The largest absolute Gasteiger partial charge is 0.483 e. The zero-order valence-electron chi connectivity index (χ0n) is 9.98. The summed E-state index contributed by atoms with van der Waals surface area (Å²) in [5.41, 5.74) is 0.366. The molecule has 0 atom stereocenters. The van der Waals surface area contributed by atoms with Crippen molar-refractivity contribution in [1.82, 2.24) is 0 Å². The number of halogens is 2. The summed E-state index contributed by atoms with van der Waals surface area (Å²) >= 11 is 6.79. The van der Waals surface area contributed by atoms with Crippen molar-refractivity contribution in [3.63, 3.8) is 0 Å². The monoisotopic (exact) mass is 388 g/mol. The normalized spacial score (nSPS) is 10.3. The standard InChI is InChI=1S/C13H10Br2O4/c1-17-13(16)8-5-6-18-11(8)7-19-12-9(14)3-2-4-10(12)15/h2-6H,7H2,1H3. The van der Waals surface area contributed by atoms with Crippen molar-refractivity contribution in [2.45, 2.75) is 6.61 Å². The number of hydrogen-bond donors (Lipinski definition) is 0. The van der Waals surface area contributed by atoms with Crippen molar-refractivity contribution in [1.29, 1.82) is 0 Å². The fourth-order valence-corrected chi connectivity index (χ4v) is 2.73. The van der Waals surface area contributed by atoms with Gasteiger partial charge in [-0.2, -0.15) is 0 Å². The first-order chi connectivity index (χ1) is 9.13. The quantitative estimate of drug-likeness (QED) is 0.736. The highest BCUT2D eigenvalue weighted by atomic mass is 79.9. The molecule has 0 saturated carbocycles. The molecule has 1 aromatic heterocycles. The smallest absolute Gasteiger partial charge is 0.341 e. The maximum absolute atomic E-state index is 11.5. The number of hydrogen-bond acceptors (Lipinski definition) is 4. The number of para-hydroxylation sites is 1. The third-order valence-corrected chi connectivity index (χ3v) is 3.67. The lowest BCUT2D eigenvalue weighted by molar-refractivity contribution is 0.0595. The lowest BCUT2D eigenvalue weighted by Crippen LogP contribution is -2.05. The molecule has 0 fully saturated rings. The van der Waals surface area contributed by atoms with Crippen LogP contribution in [-0.4, -0.2) is 13.1 Å². The lowest BCUT2D eigenvalue weighted by atomic mass is 10.2. The highest BCUT2D eigenvalue weighted by Gasteiger charge is 2.16. The number of carbonyl (C=O) groups excluding carboxylic acids is 1. The third kappa shape index (κ3) is 3.19. The summed E-state index contributed by atoms with van der Waals surface area (Å²) in [6.45, 7) is 0.138. The van der Waals surface area contributed by atoms with Crippen LogP contribution in [0.25, 0.3) is 0 Å². The maximum Gasteiger partial charge on any atom is 0.341 e. The van der Waals surface area contributed by atoms with E-state index >= 15 is 0 Å². The van der Waals surface area contributed by atoms with E-state index in [0.29, 0.717) is 17.1 Å². The Bertz CT molecular complexity index is 572. The van der Waals surface area contributed by atoms with Crippen LogP contribution in [-0.2, 0) is 11.3 Å². The van der Waals surface area contributed by atoms with Crippen LogP contribution in [0.15, 0.2) is 43.9 Å². The molecule has 1 heterocycles. The van der Waals surface area contributed by atoms with E-state index in [9.17, 15) is 4.79 Å². The van der Waals surface area contributed by atoms with E-state index in [4.69, 9.17) is 9.15 Å². The summed E-state index contributed by atoms with van der Waals surface area (Å²) in [6.07, 6.45) is 1.43. The fraction of sp³-hybridized carbons (Fsp3) is 0.154. The zero-order chi connectivity index (χ0) is 13.8. The molecule has 4 nitrogen and oxygen atoms in total. The second-order valence-corrected chi connectivity index (χ2v) is 5.30. The Balaban J connectivity index is 2.15. The van der Waals surface area contributed by atoms with Crippen LogP contribution in [0, 0.1) is 0 Å². The molecule has 0 N–H and O–H groups in total. The van der Waals surface area contributed by atoms with Crippen molar-refractivity contribution in [3.8, 4) is 5.75 Å². The van der Waals surface area contributed by atoms with Crippen molar-refractivity contribution >= 4 is 37.8 Å². The van der Waals surface area contributed by atoms with E-state index in [1.807, 2.05) is 18.2 Å². The average Bonchev–Trinajstić information content (AvgIpc) is 2.85. The summed E-state index contributed by atoms with van der Waals surface area (Å²) in [5.74, 6) is 0.628. The molecule has 19 heavy (non-hydrogen) atoms. The number of methoxy groups -OCH3 is 1. The first-order valence-electron chi connectivity index (χ1n) is 5.35. The molecule has 0 aliphatic carbocycles. The SMILES string of the molecule is COC(=O)c1ccoc1COc1c(Br)cccc1Br. The van der Waals surface area contributed by atoms with E-state index in [1.165, 1.54) is 13.4 Å². The minimum atomic E-state index is -0.446.